The summed E-state index contributed by atoms with van der Waals surface area (Å²) < 4.78 is 27.8. The van der Waals surface area contributed by atoms with Crippen molar-refractivity contribution in [2.45, 2.75) is 36.7 Å². The Bertz CT molecular complexity index is 592. The molecule has 0 atom stereocenters. The maximum absolute atomic E-state index is 12.0. The van der Waals surface area contributed by atoms with E-state index in [1.165, 1.54) is 12.1 Å². The van der Waals surface area contributed by atoms with Gasteiger partial charge < -0.3 is 4.74 Å². The van der Waals surface area contributed by atoms with E-state index in [1.807, 2.05) is 0 Å². The van der Waals surface area contributed by atoms with Crippen molar-refractivity contribution in [1.82, 2.24) is 0 Å². The second-order valence-electron chi connectivity index (χ2n) is 4.39. The quantitative estimate of drug-likeness (QED) is 0.632. The molecule has 1 aliphatic rings. The van der Waals surface area contributed by atoms with Gasteiger partial charge in [-0.3, -0.25) is 0 Å². The van der Waals surface area contributed by atoms with Crippen LogP contribution in [0.3, 0.4) is 0 Å². The minimum Gasteiger partial charge on any atom is -0.459 e. The predicted molar refractivity (Wildman–Crippen MR) is 72.2 cm³/mol. The molecule has 0 aromatic heterocycles. The molecule has 1 aromatic carbocycles. The Morgan fingerprint density at radius 1 is 1.26 bits per heavy atom. The van der Waals surface area contributed by atoms with Gasteiger partial charge in [0.05, 0.1) is 15.5 Å². The van der Waals surface area contributed by atoms with E-state index in [-0.39, 0.29) is 21.6 Å². The average molecular weight is 323 g/mol. The third-order valence-electron chi connectivity index (χ3n) is 3.02. The van der Waals surface area contributed by atoms with Gasteiger partial charge in [-0.2, -0.15) is 0 Å². The second-order valence-corrected chi connectivity index (χ2v) is 7.36. The van der Waals surface area contributed by atoms with Crippen LogP contribution < -0.4 is 0 Å². The molecular weight excluding hydrogens is 311 g/mol. The molecule has 0 radical (unpaired) electrons. The topological polar surface area (TPSA) is 60.4 Å². The highest BCUT2D eigenvalue weighted by molar-refractivity contribution is 8.13. The van der Waals surface area contributed by atoms with Crippen LogP contribution in [0.25, 0.3) is 0 Å². The summed E-state index contributed by atoms with van der Waals surface area (Å²) in [4.78, 5) is 11.8. The van der Waals surface area contributed by atoms with Crippen LogP contribution in [-0.2, 0) is 13.8 Å². The molecule has 0 N–H and O–H groups in total. The first-order valence-corrected chi connectivity index (χ1v) is 8.52. The maximum atomic E-state index is 12.0. The lowest BCUT2D eigenvalue weighted by Crippen LogP contribution is -2.15. The lowest BCUT2D eigenvalue weighted by molar-refractivity contribution is 0.0318. The van der Waals surface area contributed by atoms with Crippen LogP contribution in [0.2, 0.25) is 5.02 Å². The van der Waals surface area contributed by atoms with Crippen molar-refractivity contribution < 1.29 is 17.9 Å². The van der Waals surface area contributed by atoms with Gasteiger partial charge in [-0.05, 0) is 43.9 Å². The van der Waals surface area contributed by atoms with Crippen LogP contribution in [0.15, 0.2) is 23.1 Å². The van der Waals surface area contributed by atoms with Crippen LogP contribution in [0, 0.1) is 0 Å². The largest absolute Gasteiger partial charge is 0.459 e. The zero-order valence-electron chi connectivity index (χ0n) is 9.93. The van der Waals surface area contributed by atoms with Gasteiger partial charge in [-0.15, -0.1) is 0 Å². The van der Waals surface area contributed by atoms with Gasteiger partial charge in [0.2, 0.25) is 0 Å². The first kappa shape index (κ1) is 14.6. The van der Waals surface area contributed by atoms with E-state index in [0.717, 1.165) is 31.7 Å². The molecular formula is C12H12Cl2O4S. The van der Waals surface area contributed by atoms with Gasteiger partial charge in [0.1, 0.15) is 6.10 Å². The van der Waals surface area contributed by atoms with Gasteiger partial charge >= 0.3 is 5.97 Å². The summed E-state index contributed by atoms with van der Waals surface area (Å²) in [7, 11) is 1.34. The normalized spacial score (nSPS) is 16.5. The van der Waals surface area contributed by atoms with Crippen LogP contribution in [-0.4, -0.2) is 20.5 Å². The summed E-state index contributed by atoms with van der Waals surface area (Å²) in [5.41, 5.74) is 0.0234. The van der Waals surface area contributed by atoms with Crippen molar-refractivity contribution in [2.24, 2.45) is 0 Å². The SMILES string of the molecule is O=C(OC1CCCC1)c1cc(S(=O)(=O)Cl)ccc1Cl. The minimum absolute atomic E-state index is 0.0234. The van der Waals surface area contributed by atoms with Crippen molar-refractivity contribution in [2.75, 3.05) is 0 Å². The first-order chi connectivity index (χ1) is 8.88. The molecule has 0 unspecified atom stereocenters. The van der Waals surface area contributed by atoms with E-state index < -0.39 is 15.0 Å². The molecule has 1 aliphatic carbocycles. The summed E-state index contributed by atoms with van der Waals surface area (Å²) in [5.74, 6) is -0.612. The van der Waals surface area contributed by atoms with Crippen molar-refractivity contribution in [1.29, 1.82) is 0 Å². The monoisotopic (exact) mass is 322 g/mol. The third-order valence-corrected chi connectivity index (χ3v) is 4.70. The zero-order chi connectivity index (χ0) is 14.0. The van der Waals surface area contributed by atoms with Gasteiger partial charge in [0.15, 0.2) is 0 Å². The molecule has 1 aromatic rings. The van der Waals surface area contributed by atoms with E-state index in [1.54, 1.807) is 0 Å². The van der Waals surface area contributed by atoms with E-state index in [2.05, 4.69) is 0 Å². The Labute approximate surface area is 121 Å². The molecule has 0 heterocycles. The fraction of sp³-hybridized carbons (Fsp3) is 0.417. The molecule has 0 aliphatic heterocycles. The number of hydrogen-bond donors (Lipinski definition) is 0. The Morgan fingerprint density at radius 2 is 1.89 bits per heavy atom. The van der Waals surface area contributed by atoms with Crippen molar-refractivity contribution in [3.05, 3.63) is 28.8 Å². The standard InChI is InChI=1S/C12H12Cl2O4S/c13-11-6-5-9(19(14,16)17)7-10(11)12(15)18-8-3-1-2-4-8/h5-8H,1-4H2. The smallest absolute Gasteiger partial charge is 0.339 e. The van der Waals surface area contributed by atoms with Crippen LogP contribution >= 0.6 is 22.3 Å². The lowest BCUT2D eigenvalue weighted by atomic mass is 10.2. The molecule has 104 valence electrons. The fourth-order valence-corrected chi connectivity index (χ4v) is 3.01. The number of carbonyl (C=O) groups excluding carboxylic acids is 1. The molecule has 2 rings (SSSR count). The number of esters is 1. The highest BCUT2D eigenvalue weighted by atomic mass is 35.7. The summed E-state index contributed by atoms with van der Waals surface area (Å²) in [6.07, 6.45) is 3.61. The van der Waals surface area contributed by atoms with Gasteiger partial charge in [-0.1, -0.05) is 11.6 Å². The summed E-state index contributed by atoms with van der Waals surface area (Å²) in [6.45, 7) is 0. The summed E-state index contributed by atoms with van der Waals surface area (Å²) >= 11 is 5.89. The van der Waals surface area contributed by atoms with Crippen LogP contribution in [0.4, 0.5) is 0 Å². The Balaban J connectivity index is 2.25. The van der Waals surface area contributed by atoms with Gasteiger partial charge in [0.25, 0.3) is 9.05 Å². The molecule has 7 heteroatoms. The van der Waals surface area contributed by atoms with Crippen molar-refractivity contribution in [3.63, 3.8) is 0 Å². The number of rotatable bonds is 3. The van der Waals surface area contributed by atoms with Crippen molar-refractivity contribution >= 4 is 37.3 Å². The molecule has 0 bridgehead atoms. The van der Waals surface area contributed by atoms with E-state index in [0.29, 0.717) is 0 Å². The molecule has 1 saturated carbocycles. The van der Waals surface area contributed by atoms with Gasteiger partial charge in [-0.25, -0.2) is 13.2 Å². The highest BCUT2D eigenvalue weighted by Crippen LogP contribution is 2.26. The molecule has 0 amide bonds. The highest BCUT2D eigenvalue weighted by Gasteiger charge is 2.23. The number of benzene rings is 1. The van der Waals surface area contributed by atoms with Crippen LogP contribution in [0.5, 0.6) is 0 Å². The summed E-state index contributed by atoms with van der Waals surface area (Å²) in [6, 6.07) is 3.71. The average Bonchev–Trinajstić information content (AvgIpc) is 2.80. The Hall–Kier alpha value is -0.780. The van der Waals surface area contributed by atoms with Crippen molar-refractivity contribution in [3.8, 4) is 0 Å². The maximum Gasteiger partial charge on any atom is 0.339 e. The van der Waals surface area contributed by atoms with Gasteiger partial charge in [0, 0.05) is 10.7 Å². The van der Waals surface area contributed by atoms with Crippen LogP contribution in [0.1, 0.15) is 36.0 Å². The number of ether oxygens (including phenoxy) is 1. The number of hydrogen-bond acceptors (Lipinski definition) is 4. The zero-order valence-corrected chi connectivity index (χ0v) is 12.3. The minimum atomic E-state index is -3.90. The first-order valence-electron chi connectivity index (χ1n) is 5.83. The van der Waals surface area contributed by atoms with E-state index in [4.69, 9.17) is 27.0 Å². The predicted octanol–water partition coefficient (Wildman–Crippen LogP) is 3.37. The molecule has 4 nitrogen and oxygen atoms in total. The molecule has 19 heavy (non-hydrogen) atoms. The third kappa shape index (κ3) is 3.61. The number of halogens is 2. The lowest BCUT2D eigenvalue weighted by Gasteiger charge is -2.12. The van der Waals surface area contributed by atoms with E-state index >= 15 is 0 Å². The Kier molecular flexibility index (Phi) is 4.38. The summed E-state index contributed by atoms with van der Waals surface area (Å²) in [5, 5.41) is 0.145. The molecule has 0 spiro atoms. The Morgan fingerprint density at radius 3 is 2.47 bits per heavy atom. The molecule has 1 fully saturated rings. The second kappa shape index (κ2) is 5.69. The fourth-order valence-electron chi connectivity index (χ4n) is 2.03. The molecule has 0 saturated heterocycles. The number of carbonyl (C=O) groups is 1. The van der Waals surface area contributed by atoms with E-state index in [9.17, 15) is 13.2 Å².